The van der Waals surface area contributed by atoms with Crippen LogP contribution in [-0.2, 0) is 19.4 Å². The topological polar surface area (TPSA) is 38.1 Å². The van der Waals surface area contributed by atoms with Crippen LogP contribution in [0.4, 0.5) is 0 Å². The lowest BCUT2D eigenvalue weighted by Gasteiger charge is -2.02. The fourth-order valence-electron chi connectivity index (χ4n) is 1.53. The van der Waals surface area contributed by atoms with Gasteiger partial charge in [0.1, 0.15) is 5.69 Å². The van der Waals surface area contributed by atoms with Crippen molar-refractivity contribution in [2.75, 3.05) is 0 Å². The predicted octanol–water partition coefficient (Wildman–Crippen LogP) is 2.12. The molecule has 0 saturated carbocycles. The van der Waals surface area contributed by atoms with Gasteiger partial charge in [0.15, 0.2) is 5.75 Å². The summed E-state index contributed by atoms with van der Waals surface area (Å²) in [4.78, 5) is 0. The van der Waals surface area contributed by atoms with Crippen LogP contribution in [0, 0.1) is 0 Å². The van der Waals surface area contributed by atoms with Crippen molar-refractivity contribution < 1.29 is 5.11 Å². The van der Waals surface area contributed by atoms with Crippen molar-refractivity contribution in [3.05, 3.63) is 11.4 Å². The number of nitrogens with zero attached hydrogens (tertiary/aromatic N) is 2. The van der Waals surface area contributed by atoms with Crippen LogP contribution in [0.15, 0.2) is 0 Å². The van der Waals surface area contributed by atoms with E-state index in [-0.39, 0.29) is 0 Å². The second-order valence-corrected chi connectivity index (χ2v) is 3.16. The quantitative estimate of drug-likeness (QED) is 0.774. The summed E-state index contributed by atoms with van der Waals surface area (Å²) in [6, 6.07) is 0. The molecule has 0 amide bonds. The maximum atomic E-state index is 9.79. The van der Waals surface area contributed by atoms with Crippen molar-refractivity contribution in [1.82, 2.24) is 9.78 Å². The number of aromatic hydroxyl groups is 1. The van der Waals surface area contributed by atoms with Crippen molar-refractivity contribution in [3.8, 4) is 5.75 Å². The Kier molecular flexibility index (Phi) is 3.34. The lowest BCUT2D eigenvalue weighted by Crippen LogP contribution is -2.02. The zero-order valence-corrected chi connectivity index (χ0v) is 8.67. The van der Waals surface area contributed by atoms with Gasteiger partial charge in [0.05, 0.1) is 5.69 Å². The third-order valence-corrected chi connectivity index (χ3v) is 2.22. The zero-order valence-electron chi connectivity index (χ0n) is 8.67. The van der Waals surface area contributed by atoms with Crippen molar-refractivity contribution in [2.45, 2.75) is 46.6 Å². The molecule has 0 radical (unpaired) electrons. The molecule has 0 saturated heterocycles. The van der Waals surface area contributed by atoms with Gasteiger partial charge in [0.2, 0.25) is 0 Å². The average Bonchev–Trinajstić information content (AvgIpc) is 2.45. The van der Waals surface area contributed by atoms with Crippen LogP contribution in [0.3, 0.4) is 0 Å². The van der Waals surface area contributed by atoms with Crippen LogP contribution in [0.25, 0.3) is 0 Å². The summed E-state index contributed by atoms with van der Waals surface area (Å²) >= 11 is 0. The molecule has 0 aliphatic carbocycles. The largest absolute Gasteiger partial charge is 0.504 e. The van der Waals surface area contributed by atoms with Crippen molar-refractivity contribution >= 4 is 0 Å². The second kappa shape index (κ2) is 4.30. The van der Waals surface area contributed by atoms with E-state index in [9.17, 15) is 5.11 Å². The van der Waals surface area contributed by atoms with Crippen molar-refractivity contribution in [2.24, 2.45) is 0 Å². The highest BCUT2D eigenvalue weighted by atomic mass is 16.3. The van der Waals surface area contributed by atoms with Crippen LogP contribution < -0.4 is 0 Å². The fourth-order valence-corrected chi connectivity index (χ4v) is 1.53. The van der Waals surface area contributed by atoms with Gasteiger partial charge in [0, 0.05) is 6.54 Å². The normalized spacial score (nSPS) is 10.7. The molecular weight excluding hydrogens is 164 g/mol. The first-order valence-corrected chi connectivity index (χ1v) is 5.02. The number of aryl methyl sites for hydroxylation is 2. The average molecular weight is 182 g/mol. The molecule has 0 aliphatic rings. The monoisotopic (exact) mass is 182 g/mol. The van der Waals surface area contributed by atoms with Crippen molar-refractivity contribution in [1.29, 1.82) is 0 Å². The molecule has 13 heavy (non-hydrogen) atoms. The summed E-state index contributed by atoms with van der Waals surface area (Å²) < 4.78 is 1.90. The molecule has 0 unspecified atom stereocenters. The molecular formula is C10H18N2O. The third-order valence-electron chi connectivity index (χ3n) is 2.22. The minimum atomic E-state index is 0.409. The fraction of sp³-hybridized carbons (Fsp3) is 0.700. The Labute approximate surface area is 79.4 Å². The van der Waals surface area contributed by atoms with Gasteiger partial charge in [-0.25, -0.2) is 0 Å². The van der Waals surface area contributed by atoms with Gasteiger partial charge in [-0.1, -0.05) is 20.3 Å². The minimum absolute atomic E-state index is 0.409. The molecule has 1 aromatic heterocycles. The Hall–Kier alpha value is -0.990. The summed E-state index contributed by atoms with van der Waals surface area (Å²) in [5.74, 6) is 0.409. The van der Waals surface area contributed by atoms with E-state index in [2.05, 4.69) is 12.0 Å². The number of aromatic nitrogens is 2. The summed E-state index contributed by atoms with van der Waals surface area (Å²) in [6.45, 7) is 7.00. The van der Waals surface area contributed by atoms with Gasteiger partial charge in [-0.15, -0.1) is 0 Å². The Morgan fingerprint density at radius 3 is 2.46 bits per heavy atom. The maximum Gasteiger partial charge on any atom is 0.160 e. The van der Waals surface area contributed by atoms with Gasteiger partial charge < -0.3 is 5.11 Å². The minimum Gasteiger partial charge on any atom is -0.504 e. The van der Waals surface area contributed by atoms with E-state index in [1.165, 1.54) is 0 Å². The van der Waals surface area contributed by atoms with Crippen LogP contribution in [0.5, 0.6) is 5.75 Å². The summed E-state index contributed by atoms with van der Waals surface area (Å²) in [5.41, 5.74) is 1.81. The summed E-state index contributed by atoms with van der Waals surface area (Å²) in [5, 5.41) is 14.1. The van der Waals surface area contributed by atoms with E-state index in [1.807, 2.05) is 18.5 Å². The lowest BCUT2D eigenvalue weighted by molar-refractivity contribution is 0.458. The van der Waals surface area contributed by atoms with Crippen molar-refractivity contribution in [3.63, 3.8) is 0 Å². The highest BCUT2D eigenvalue weighted by Gasteiger charge is 2.13. The smallest absolute Gasteiger partial charge is 0.160 e. The molecule has 1 N–H and O–H groups in total. The van der Waals surface area contributed by atoms with Gasteiger partial charge in [-0.05, 0) is 19.8 Å². The molecule has 3 nitrogen and oxygen atoms in total. The van der Waals surface area contributed by atoms with Gasteiger partial charge in [-0.3, -0.25) is 4.68 Å². The van der Waals surface area contributed by atoms with Gasteiger partial charge >= 0.3 is 0 Å². The van der Waals surface area contributed by atoms with E-state index < -0.39 is 0 Å². The second-order valence-electron chi connectivity index (χ2n) is 3.16. The SMILES string of the molecule is CCCc1c(O)c(CC)nn1CC. The number of hydrogen-bond acceptors (Lipinski definition) is 2. The van der Waals surface area contributed by atoms with Gasteiger partial charge in [-0.2, -0.15) is 5.10 Å². The molecule has 0 aliphatic heterocycles. The van der Waals surface area contributed by atoms with Crippen LogP contribution in [0.1, 0.15) is 38.6 Å². The first-order chi connectivity index (χ1) is 6.24. The first-order valence-electron chi connectivity index (χ1n) is 5.02. The molecule has 1 heterocycles. The Balaban J connectivity index is 3.05. The number of hydrogen-bond donors (Lipinski definition) is 1. The van der Waals surface area contributed by atoms with Crippen LogP contribution >= 0.6 is 0 Å². The molecule has 1 rings (SSSR count). The van der Waals surface area contributed by atoms with Gasteiger partial charge in [0.25, 0.3) is 0 Å². The van der Waals surface area contributed by atoms with E-state index >= 15 is 0 Å². The third kappa shape index (κ3) is 1.85. The van der Waals surface area contributed by atoms with Crippen LogP contribution in [-0.4, -0.2) is 14.9 Å². The molecule has 0 fully saturated rings. The summed E-state index contributed by atoms with van der Waals surface area (Å²) in [6.07, 6.45) is 2.75. The zero-order chi connectivity index (χ0) is 9.84. The molecule has 1 aromatic rings. The van der Waals surface area contributed by atoms with E-state index in [0.717, 1.165) is 37.2 Å². The van der Waals surface area contributed by atoms with E-state index in [4.69, 9.17) is 0 Å². The Morgan fingerprint density at radius 2 is 2.00 bits per heavy atom. The van der Waals surface area contributed by atoms with E-state index in [0.29, 0.717) is 5.75 Å². The maximum absolute atomic E-state index is 9.79. The molecule has 74 valence electrons. The molecule has 0 spiro atoms. The van der Waals surface area contributed by atoms with E-state index in [1.54, 1.807) is 0 Å². The molecule has 0 aromatic carbocycles. The highest BCUT2D eigenvalue weighted by Crippen LogP contribution is 2.23. The summed E-state index contributed by atoms with van der Waals surface area (Å²) in [7, 11) is 0. The number of rotatable bonds is 4. The first kappa shape index (κ1) is 10.1. The lowest BCUT2D eigenvalue weighted by atomic mass is 10.2. The van der Waals surface area contributed by atoms with Crippen LogP contribution in [0.2, 0.25) is 0 Å². The predicted molar refractivity (Wildman–Crippen MR) is 52.9 cm³/mol. The Bertz CT molecular complexity index is 279. The standard InChI is InChI=1S/C10H18N2O/c1-4-7-9-10(13)8(5-2)11-12(9)6-3/h13H,4-7H2,1-3H3. The highest BCUT2D eigenvalue weighted by molar-refractivity contribution is 5.32. The molecule has 0 atom stereocenters. The molecule has 0 bridgehead atoms. The Morgan fingerprint density at radius 1 is 1.31 bits per heavy atom. The molecule has 3 heteroatoms.